The second-order valence-corrected chi connectivity index (χ2v) is 9.68. The molecule has 0 radical (unpaired) electrons. The van der Waals surface area contributed by atoms with Crippen LogP contribution >= 0.6 is 0 Å². The van der Waals surface area contributed by atoms with Crippen LogP contribution in [0.5, 0.6) is 0 Å². The maximum absolute atomic E-state index is 14.3. The second-order valence-electron chi connectivity index (χ2n) is 7.70. The van der Waals surface area contributed by atoms with Gasteiger partial charge in [0, 0.05) is 49.8 Å². The van der Waals surface area contributed by atoms with Crippen molar-refractivity contribution < 1.29 is 12.8 Å². The van der Waals surface area contributed by atoms with Crippen molar-refractivity contribution in [3.63, 3.8) is 0 Å². The van der Waals surface area contributed by atoms with Gasteiger partial charge >= 0.3 is 0 Å². The molecule has 0 amide bonds. The molecule has 1 aliphatic heterocycles. The van der Waals surface area contributed by atoms with E-state index in [1.54, 1.807) is 12.1 Å². The first-order valence-corrected chi connectivity index (χ1v) is 11.9. The molecule has 1 aliphatic rings. The average molecular weight is 421 g/mol. The van der Waals surface area contributed by atoms with E-state index in [0.717, 1.165) is 29.3 Å². The predicted octanol–water partition coefficient (Wildman–Crippen LogP) is 3.11. The van der Waals surface area contributed by atoms with Crippen molar-refractivity contribution in [3.8, 4) is 0 Å². The highest BCUT2D eigenvalue weighted by molar-refractivity contribution is 7.88. The lowest BCUT2D eigenvalue weighted by molar-refractivity contribution is 0.386. The van der Waals surface area contributed by atoms with Crippen molar-refractivity contribution in [2.24, 2.45) is 0 Å². The van der Waals surface area contributed by atoms with Crippen LogP contribution in [0.1, 0.15) is 48.8 Å². The van der Waals surface area contributed by atoms with Crippen molar-refractivity contribution in [1.29, 1.82) is 0 Å². The lowest BCUT2D eigenvalue weighted by atomic mass is 10.0. The molecule has 0 spiro atoms. The van der Waals surface area contributed by atoms with Gasteiger partial charge < -0.3 is 4.90 Å². The van der Waals surface area contributed by atoms with Gasteiger partial charge in [-0.25, -0.2) is 22.8 Å². The minimum atomic E-state index is -3.21. The molecule has 2 aromatic rings. The van der Waals surface area contributed by atoms with Gasteiger partial charge in [0.1, 0.15) is 17.5 Å². The Balaban J connectivity index is 1.98. The van der Waals surface area contributed by atoms with E-state index in [-0.39, 0.29) is 11.7 Å². The van der Waals surface area contributed by atoms with Crippen LogP contribution < -0.4 is 4.90 Å². The van der Waals surface area contributed by atoms with Gasteiger partial charge in [-0.05, 0) is 25.0 Å². The molecule has 2 heterocycles. The molecule has 1 fully saturated rings. The van der Waals surface area contributed by atoms with E-state index in [1.807, 2.05) is 13.0 Å². The van der Waals surface area contributed by atoms with Crippen molar-refractivity contribution >= 4 is 15.8 Å². The summed E-state index contributed by atoms with van der Waals surface area (Å²) >= 11 is 0. The van der Waals surface area contributed by atoms with Crippen LogP contribution in [0.2, 0.25) is 0 Å². The zero-order valence-electron chi connectivity index (χ0n) is 17.5. The van der Waals surface area contributed by atoms with Crippen LogP contribution in [0.15, 0.2) is 24.3 Å². The molecule has 29 heavy (non-hydrogen) atoms. The standard InChI is InChI=1S/C21H29FN4O2S/c1-5-15(2)20-23-16(3)18(14-17-8-6-7-9-19(17)22)21(24-20)25-10-12-26(13-11-25)29(4,27)28/h6-9,15H,5,10-14H2,1-4H3/t15-/m1/s1. The number of hydrogen-bond acceptors (Lipinski definition) is 5. The summed E-state index contributed by atoms with van der Waals surface area (Å²) in [5.41, 5.74) is 2.35. The Labute approximate surface area is 172 Å². The SMILES string of the molecule is CC[C@@H](C)c1nc(C)c(Cc2ccccc2F)c(N2CCN(S(C)(=O)=O)CC2)n1. The molecule has 0 saturated carbocycles. The van der Waals surface area contributed by atoms with E-state index in [2.05, 4.69) is 18.7 Å². The number of sulfonamides is 1. The molecule has 158 valence electrons. The van der Waals surface area contributed by atoms with Gasteiger partial charge in [0.2, 0.25) is 10.0 Å². The lowest BCUT2D eigenvalue weighted by Crippen LogP contribution is -2.49. The number of aromatic nitrogens is 2. The zero-order chi connectivity index (χ0) is 21.2. The first-order chi connectivity index (χ1) is 13.7. The molecule has 1 aromatic heterocycles. The van der Waals surface area contributed by atoms with Crippen LogP contribution in [0.4, 0.5) is 10.2 Å². The fourth-order valence-corrected chi connectivity index (χ4v) is 4.36. The highest BCUT2D eigenvalue weighted by Crippen LogP contribution is 2.28. The number of halogens is 1. The number of nitrogens with zero attached hydrogens (tertiary/aromatic N) is 4. The quantitative estimate of drug-likeness (QED) is 0.718. The monoisotopic (exact) mass is 420 g/mol. The van der Waals surface area contributed by atoms with Crippen LogP contribution in [0, 0.1) is 12.7 Å². The fraction of sp³-hybridized carbons (Fsp3) is 0.524. The van der Waals surface area contributed by atoms with Crippen molar-refractivity contribution in [1.82, 2.24) is 14.3 Å². The maximum Gasteiger partial charge on any atom is 0.211 e. The van der Waals surface area contributed by atoms with Gasteiger partial charge in [-0.15, -0.1) is 0 Å². The van der Waals surface area contributed by atoms with Crippen LogP contribution in [0.25, 0.3) is 0 Å². The Morgan fingerprint density at radius 3 is 2.38 bits per heavy atom. The average Bonchev–Trinajstić information content (AvgIpc) is 2.69. The molecular weight excluding hydrogens is 391 g/mol. The Morgan fingerprint density at radius 1 is 1.14 bits per heavy atom. The molecule has 1 aromatic carbocycles. The number of piperazine rings is 1. The zero-order valence-corrected chi connectivity index (χ0v) is 18.3. The van der Waals surface area contributed by atoms with Crippen LogP contribution in [-0.4, -0.2) is 55.1 Å². The van der Waals surface area contributed by atoms with Gasteiger partial charge in [0.25, 0.3) is 0 Å². The third kappa shape index (κ3) is 4.93. The summed E-state index contributed by atoms with van der Waals surface area (Å²) in [6.07, 6.45) is 2.57. The topological polar surface area (TPSA) is 66.4 Å². The largest absolute Gasteiger partial charge is 0.354 e. The normalized spacial score (nSPS) is 16.8. The highest BCUT2D eigenvalue weighted by atomic mass is 32.2. The first kappa shape index (κ1) is 21.6. The van der Waals surface area contributed by atoms with E-state index < -0.39 is 10.0 Å². The van der Waals surface area contributed by atoms with E-state index in [4.69, 9.17) is 9.97 Å². The Morgan fingerprint density at radius 2 is 1.79 bits per heavy atom. The van der Waals surface area contributed by atoms with Crippen LogP contribution in [0.3, 0.4) is 0 Å². The third-order valence-corrected chi connectivity index (χ3v) is 6.90. The molecule has 0 unspecified atom stereocenters. The van der Waals surface area contributed by atoms with E-state index >= 15 is 0 Å². The van der Waals surface area contributed by atoms with Gasteiger partial charge in [-0.1, -0.05) is 32.0 Å². The lowest BCUT2D eigenvalue weighted by Gasteiger charge is -2.35. The summed E-state index contributed by atoms with van der Waals surface area (Å²) in [5, 5.41) is 0. The predicted molar refractivity (Wildman–Crippen MR) is 113 cm³/mol. The van der Waals surface area contributed by atoms with Gasteiger partial charge in [0.05, 0.1) is 6.26 Å². The molecule has 8 heteroatoms. The van der Waals surface area contributed by atoms with Crippen molar-refractivity contribution in [2.75, 3.05) is 37.3 Å². The highest BCUT2D eigenvalue weighted by Gasteiger charge is 2.27. The molecule has 0 aliphatic carbocycles. The van der Waals surface area contributed by atoms with E-state index in [9.17, 15) is 12.8 Å². The molecule has 1 saturated heterocycles. The Kier molecular flexibility index (Phi) is 6.53. The maximum atomic E-state index is 14.3. The second kappa shape index (κ2) is 8.75. The molecule has 0 N–H and O–H groups in total. The Bertz CT molecular complexity index is 973. The summed E-state index contributed by atoms with van der Waals surface area (Å²) in [7, 11) is -3.21. The van der Waals surface area contributed by atoms with E-state index in [0.29, 0.717) is 38.2 Å². The summed E-state index contributed by atoms with van der Waals surface area (Å²) in [6.45, 7) is 8.07. The molecule has 1 atom stereocenters. The first-order valence-electron chi connectivity index (χ1n) is 10.0. The van der Waals surface area contributed by atoms with Crippen LogP contribution in [-0.2, 0) is 16.4 Å². The van der Waals surface area contributed by atoms with Crippen molar-refractivity contribution in [3.05, 3.63) is 52.7 Å². The van der Waals surface area contributed by atoms with Crippen molar-refractivity contribution in [2.45, 2.75) is 39.5 Å². The summed E-state index contributed by atoms with van der Waals surface area (Å²) in [6, 6.07) is 6.75. The molecule has 3 rings (SSSR count). The number of rotatable bonds is 6. The minimum Gasteiger partial charge on any atom is -0.354 e. The summed E-state index contributed by atoms with van der Waals surface area (Å²) in [5.74, 6) is 1.55. The smallest absolute Gasteiger partial charge is 0.211 e. The third-order valence-electron chi connectivity index (χ3n) is 5.59. The number of anilines is 1. The van der Waals surface area contributed by atoms with Gasteiger partial charge in [0.15, 0.2) is 0 Å². The molecular formula is C21H29FN4O2S. The summed E-state index contributed by atoms with van der Waals surface area (Å²) < 4.78 is 39.5. The fourth-order valence-electron chi connectivity index (χ4n) is 3.54. The minimum absolute atomic E-state index is 0.215. The molecule has 0 bridgehead atoms. The molecule has 6 nitrogen and oxygen atoms in total. The van der Waals surface area contributed by atoms with Gasteiger partial charge in [-0.3, -0.25) is 0 Å². The van der Waals surface area contributed by atoms with Gasteiger partial charge in [-0.2, -0.15) is 4.31 Å². The number of hydrogen-bond donors (Lipinski definition) is 0. The summed E-state index contributed by atoms with van der Waals surface area (Å²) in [4.78, 5) is 11.7. The Hall–Kier alpha value is -2.06. The number of aryl methyl sites for hydroxylation is 1. The van der Waals surface area contributed by atoms with E-state index in [1.165, 1.54) is 16.6 Å². The number of benzene rings is 1.